The Bertz CT molecular complexity index is 1460. The molecule has 0 fully saturated rings. The van der Waals surface area contributed by atoms with E-state index in [4.69, 9.17) is 16.3 Å². The predicted octanol–water partition coefficient (Wildman–Crippen LogP) is 5.45. The molecule has 196 valence electrons. The molecule has 1 amide bonds. The molecular weight excluding hydrogens is 520 g/mol. The van der Waals surface area contributed by atoms with E-state index in [-0.39, 0.29) is 5.91 Å². The molecule has 4 heterocycles. The van der Waals surface area contributed by atoms with Crippen LogP contribution < -0.4 is 10.1 Å². The van der Waals surface area contributed by atoms with Crippen LogP contribution in [0, 0.1) is 0 Å². The van der Waals surface area contributed by atoms with E-state index in [0.29, 0.717) is 30.5 Å². The van der Waals surface area contributed by atoms with Crippen molar-refractivity contribution >= 4 is 50.6 Å². The van der Waals surface area contributed by atoms with Gasteiger partial charge in [0, 0.05) is 35.9 Å². The van der Waals surface area contributed by atoms with Crippen molar-refractivity contribution in [1.29, 1.82) is 0 Å². The number of carbonyl (C=O) groups is 1. The smallest absolute Gasteiger partial charge is 0.246 e. The summed E-state index contributed by atoms with van der Waals surface area (Å²) in [6.07, 6.45) is 7.67. The number of rotatable bonds is 9. The van der Waals surface area contributed by atoms with E-state index in [2.05, 4.69) is 32.1 Å². The number of carbonyl (C=O) groups excluding carboxylic acids is 1. The van der Waals surface area contributed by atoms with Crippen LogP contribution in [0.2, 0.25) is 5.02 Å². The van der Waals surface area contributed by atoms with Crippen LogP contribution in [0.5, 0.6) is 5.75 Å². The zero-order chi connectivity index (χ0) is 26.5. The lowest BCUT2D eigenvalue weighted by atomic mass is 10.0. The van der Waals surface area contributed by atoms with Gasteiger partial charge in [0.1, 0.15) is 29.3 Å². The highest BCUT2D eigenvalue weighted by Crippen LogP contribution is 2.38. The molecule has 0 radical (unpaired) electrons. The Morgan fingerprint density at radius 1 is 1.26 bits per heavy atom. The molecule has 0 unspecified atom stereocenters. The molecule has 1 aliphatic rings. The lowest BCUT2D eigenvalue weighted by molar-refractivity contribution is -0.126. The Morgan fingerprint density at radius 3 is 2.95 bits per heavy atom. The van der Waals surface area contributed by atoms with E-state index in [0.717, 1.165) is 51.8 Å². The van der Waals surface area contributed by atoms with Gasteiger partial charge < -0.3 is 19.9 Å². The van der Waals surface area contributed by atoms with Crippen LogP contribution in [0.3, 0.4) is 0 Å². The van der Waals surface area contributed by atoms with E-state index in [1.165, 1.54) is 5.56 Å². The molecule has 8 nitrogen and oxygen atoms in total. The van der Waals surface area contributed by atoms with Crippen molar-refractivity contribution < 1.29 is 9.53 Å². The van der Waals surface area contributed by atoms with Gasteiger partial charge in [0.15, 0.2) is 0 Å². The molecule has 0 atom stereocenters. The average molecular weight is 549 g/mol. The van der Waals surface area contributed by atoms with Crippen molar-refractivity contribution in [1.82, 2.24) is 24.8 Å². The zero-order valence-corrected chi connectivity index (χ0v) is 22.9. The van der Waals surface area contributed by atoms with Gasteiger partial charge in [0.05, 0.1) is 22.6 Å². The summed E-state index contributed by atoms with van der Waals surface area (Å²) in [6, 6.07) is 11.3. The zero-order valence-electron chi connectivity index (χ0n) is 21.4. The molecule has 4 aromatic rings. The maximum Gasteiger partial charge on any atom is 0.246 e. The Morgan fingerprint density at radius 2 is 2.16 bits per heavy atom. The lowest BCUT2D eigenvalue weighted by Gasteiger charge is -2.26. The van der Waals surface area contributed by atoms with E-state index >= 15 is 0 Å². The summed E-state index contributed by atoms with van der Waals surface area (Å²) in [5.74, 6) is 1.36. The molecule has 0 spiro atoms. The van der Waals surface area contributed by atoms with Gasteiger partial charge in [-0.1, -0.05) is 30.7 Å². The minimum Gasteiger partial charge on any atom is -0.486 e. The third-order valence-corrected chi connectivity index (χ3v) is 7.88. The van der Waals surface area contributed by atoms with Gasteiger partial charge >= 0.3 is 0 Å². The first-order valence-corrected chi connectivity index (χ1v) is 13.7. The molecule has 1 N–H and O–H groups in total. The van der Waals surface area contributed by atoms with Gasteiger partial charge in [0.2, 0.25) is 5.91 Å². The Labute approximate surface area is 230 Å². The first kappa shape index (κ1) is 26.1. The van der Waals surface area contributed by atoms with Crippen LogP contribution in [0.1, 0.15) is 23.1 Å². The standard InChI is InChI=1S/C28H29ClN6O2S/c1-3-34(2)13-6-8-25(36)35-14-11-21-24(16-35)38-28-26(21)27(31-18-32-28)33-19-9-10-23(22(29)15-19)37-17-20-7-4-5-12-30-20/h4-10,12,15,18H,3,11,13-14,16-17H2,1-2H3,(H,31,32,33). The number of pyridine rings is 1. The molecule has 1 aromatic carbocycles. The number of ether oxygens (including phenoxy) is 1. The molecule has 3 aromatic heterocycles. The van der Waals surface area contributed by atoms with Crippen LogP contribution in [0.25, 0.3) is 10.2 Å². The minimum absolute atomic E-state index is 0.0436. The van der Waals surface area contributed by atoms with E-state index in [9.17, 15) is 4.79 Å². The number of thiophene rings is 1. The van der Waals surface area contributed by atoms with Crippen molar-refractivity contribution in [3.05, 3.63) is 82.2 Å². The number of amides is 1. The number of hydrogen-bond acceptors (Lipinski definition) is 8. The fourth-order valence-corrected chi connectivity index (χ4v) is 5.68. The van der Waals surface area contributed by atoms with Gasteiger partial charge in [-0.15, -0.1) is 11.3 Å². The van der Waals surface area contributed by atoms with Crippen molar-refractivity contribution in [2.45, 2.75) is 26.5 Å². The van der Waals surface area contributed by atoms with Gasteiger partial charge in [-0.05, 0) is 55.9 Å². The normalized spacial score (nSPS) is 13.3. The largest absolute Gasteiger partial charge is 0.486 e. The van der Waals surface area contributed by atoms with Crippen molar-refractivity contribution in [2.24, 2.45) is 0 Å². The van der Waals surface area contributed by atoms with Gasteiger partial charge in [-0.2, -0.15) is 0 Å². The molecule has 10 heteroatoms. The summed E-state index contributed by atoms with van der Waals surface area (Å²) < 4.78 is 5.85. The van der Waals surface area contributed by atoms with Crippen LogP contribution in [-0.2, 0) is 24.4 Å². The number of fused-ring (bicyclic) bond motifs is 3. The lowest BCUT2D eigenvalue weighted by Crippen LogP contribution is -2.34. The first-order valence-electron chi connectivity index (χ1n) is 12.5. The fourth-order valence-electron chi connectivity index (χ4n) is 4.25. The molecular formula is C28H29ClN6O2S. The maximum absolute atomic E-state index is 12.7. The van der Waals surface area contributed by atoms with Crippen LogP contribution in [0.15, 0.2) is 61.1 Å². The third-order valence-electron chi connectivity index (χ3n) is 6.46. The summed E-state index contributed by atoms with van der Waals surface area (Å²) in [7, 11) is 2.03. The second kappa shape index (κ2) is 11.9. The highest BCUT2D eigenvalue weighted by Gasteiger charge is 2.25. The summed E-state index contributed by atoms with van der Waals surface area (Å²) in [5, 5.41) is 4.91. The average Bonchev–Trinajstić information content (AvgIpc) is 3.32. The van der Waals surface area contributed by atoms with Crippen LogP contribution in [-0.4, -0.2) is 57.3 Å². The maximum atomic E-state index is 12.7. The number of nitrogens with zero attached hydrogens (tertiary/aromatic N) is 5. The number of nitrogens with one attached hydrogen (secondary N) is 1. The van der Waals surface area contributed by atoms with E-state index in [1.807, 2.05) is 54.4 Å². The van der Waals surface area contributed by atoms with Crippen molar-refractivity contribution in [3.63, 3.8) is 0 Å². The first-order chi connectivity index (χ1) is 18.5. The Hall–Kier alpha value is -3.53. The van der Waals surface area contributed by atoms with Crippen molar-refractivity contribution in [2.75, 3.05) is 32.0 Å². The monoisotopic (exact) mass is 548 g/mol. The number of likely N-dealkylation sites (N-methyl/N-ethyl adjacent to an activating group) is 1. The molecule has 1 aliphatic heterocycles. The van der Waals surface area contributed by atoms with E-state index in [1.54, 1.807) is 29.9 Å². The number of hydrogen-bond donors (Lipinski definition) is 1. The van der Waals surface area contributed by atoms with Crippen LogP contribution in [0.4, 0.5) is 11.5 Å². The predicted molar refractivity (Wildman–Crippen MR) is 152 cm³/mol. The Balaban J connectivity index is 1.30. The molecule has 0 saturated carbocycles. The second-order valence-electron chi connectivity index (χ2n) is 9.05. The topological polar surface area (TPSA) is 83.5 Å². The number of halogens is 1. The molecule has 38 heavy (non-hydrogen) atoms. The van der Waals surface area contributed by atoms with E-state index < -0.39 is 0 Å². The fraction of sp³-hybridized carbons (Fsp3) is 0.286. The van der Waals surface area contributed by atoms with Gasteiger partial charge in [0.25, 0.3) is 0 Å². The quantitative estimate of drug-likeness (QED) is 0.278. The molecule has 5 rings (SSSR count). The molecule has 0 saturated heterocycles. The molecule has 0 aliphatic carbocycles. The number of benzene rings is 1. The second-order valence-corrected chi connectivity index (χ2v) is 10.5. The van der Waals surface area contributed by atoms with Gasteiger partial charge in [-0.3, -0.25) is 9.78 Å². The van der Waals surface area contributed by atoms with Crippen molar-refractivity contribution in [3.8, 4) is 5.75 Å². The minimum atomic E-state index is 0.0436. The summed E-state index contributed by atoms with van der Waals surface area (Å²) in [4.78, 5) is 32.2. The summed E-state index contributed by atoms with van der Waals surface area (Å²) in [5.41, 5.74) is 2.83. The number of aromatic nitrogens is 3. The highest BCUT2D eigenvalue weighted by molar-refractivity contribution is 7.19. The van der Waals surface area contributed by atoms with Crippen LogP contribution >= 0.6 is 22.9 Å². The van der Waals surface area contributed by atoms with Gasteiger partial charge in [-0.25, -0.2) is 9.97 Å². The summed E-state index contributed by atoms with van der Waals surface area (Å²) in [6.45, 7) is 5.38. The highest BCUT2D eigenvalue weighted by atomic mass is 35.5. The number of anilines is 2. The third kappa shape index (κ3) is 5.96. The SMILES string of the molecule is CCN(C)CC=CC(=O)N1CCc2c(sc3ncnc(Nc4ccc(OCc5ccccn5)c(Cl)c4)c23)C1. The molecule has 0 bridgehead atoms. The summed E-state index contributed by atoms with van der Waals surface area (Å²) >= 11 is 8.14. The Kier molecular flexibility index (Phi) is 8.17.